The largest absolute Gasteiger partial charge is 0.481 e. The number of hydrogen-bond acceptors (Lipinski definition) is 4. The summed E-state index contributed by atoms with van der Waals surface area (Å²) in [6.07, 6.45) is 2.17. The number of aryl methyl sites for hydroxylation is 1. The van der Waals surface area contributed by atoms with Gasteiger partial charge in [0, 0.05) is 6.54 Å². The molecule has 100 valence electrons. The van der Waals surface area contributed by atoms with E-state index in [9.17, 15) is 9.18 Å². The monoisotopic (exact) mass is 255 g/mol. The number of carbonyl (C=O) groups is 1. The molecule has 2 N–H and O–H groups in total. The van der Waals surface area contributed by atoms with E-state index < -0.39 is 17.2 Å². The Morgan fingerprint density at radius 2 is 2.17 bits per heavy atom. The van der Waals surface area contributed by atoms with E-state index in [1.54, 1.807) is 13.8 Å². The highest BCUT2D eigenvalue weighted by Gasteiger charge is 2.26. The summed E-state index contributed by atoms with van der Waals surface area (Å²) >= 11 is 0. The van der Waals surface area contributed by atoms with Crippen molar-refractivity contribution in [1.82, 2.24) is 9.97 Å². The molecule has 1 rings (SSSR count). The minimum absolute atomic E-state index is 0.128. The van der Waals surface area contributed by atoms with E-state index in [0.717, 1.165) is 0 Å². The molecule has 0 aromatic carbocycles. The average molecular weight is 255 g/mol. The smallest absolute Gasteiger partial charge is 0.309 e. The third kappa shape index (κ3) is 3.38. The second-order valence-corrected chi connectivity index (χ2v) is 4.70. The van der Waals surface area contributed by atoms with Crippen molar-refractivity contribution in [2.45, 2.75) is 33.6 Å². The SMILES string of the molecule is CCc1ncnc(NCCC(C)(C)C(=O)O)c1F. The lowest BCUT2D eigenvalue weighted by atomic mass is 9.90. The van der Waals surface area contributed by atoms with Crippen molar-refractivity contribution in [3.63, 3.8) is 0 Å². The number of carboxylic acid groups (broad SMARTS) is 1. The lowest BCUT2D eigenvalue weighted by Gasteiger charge is -2.19. The molecule has 18 heavy (non-hydrogen) atoms. The molecule has 0 bridgehead atoms. The van der Waals surface area contributed by atoms with Crippen LogP contribution in [0.25, 0.3) is 0 Å². The van der Waals surface area contributed by atoms with Crippen molar-refractivity contribution in [3.8, 4) is 0 Å². The van der Waals surface area contributed by atoms with Crippen LogP contribution in [0.4, 0.5) is 10.2 Å². The summed E-state index contributed by atoms with van der Waals surface area (Å²) in [6.45, 7) is 5.41. The lowest BCUT2D eigenvalue weighted by Crippen LogP contribution is -2.26. The van der Waals surface area contributed by atoms with Gasteiger partial charge in [-0.15, -0.1) is 0 Å². The maximum Gasteiger partial charge on any atom is 0.309 e. The second kappa shape index (κ2) is 5.75. The standard InChI is InChI=1S/C12H18FN3O2/c1-4-8-9(13)10(16-7-15-8)14-6-5-12(2,3)11(17)18/h7H,4-6H2,1-3H3,(H,17,18)(H,14,15,16). The molecule has 1 heterocycles. The number of aromatic nitrogens is 2. The molecule has 0 aliphatic carbocycles. The molecule has 0 saturated heterocycles. The predicted octanol–water partition coefficient (Wildman–Crippen LogP) is 2.09. The van der Waals surface area contributed by atoms with Crippen molar-refractivity contribution in [3.05, 3.63) is 17.8 Å². The summed E-state index contributed by atoms with van der Waals surface area (Å²) in [5.74, 6) is -1.21. The quantitative estimate of drug-likeness (QED) is 0.814. The first-order valence-electron chi connectivity index (χ1n) is 5.85. The molecule has 0 amide bonds. The topological polar surface area (TPSA) is 75.1 Å². The summed E-state index contributed by atoms with van der Waals surface area (Å²) in [6, 6.07) is 0. The van der Waals surface area contributed by atoms with Crippen LogP contribution >= 0.6 is 0 Å². The first-order valence-corrected chi connectivity index (χ1v) is 5.85. The summed E-state index contributed by atoms with van der Waals surface area (Å²) < 4.78 is 13.7. The molecule has 0 radical (unpaired) electrons. The zero-order chi connectivity index (χ0) is 13.8. The van der Waals surface area contributed by atoms with E-state index in [1.807, 2.05) is 6.92 Å². The molecule has 0 aliphatic rings. The number of rotatable bonds is 6. The molecular weight excluding hydrogens is 237 g/mol. The Kier molecular flexibility index (Phi) is 4.58. The minimum Gasteiger partial charge on any atom is -0.481 e. The first-order chi connectivity index (χ1) is 8.38. The van der Waals surface area contributed by atoms with Crippen molar-refractivity contribution < 1.29 is 14.3 Å². The molecule has 0 spiro atoms. The molecular formula is C12H18FN3O2. The number of nitrogens with one attached hydrogen (secondary N) is 1. The van der Waals surface area contributed by atoms with E-state index >= 15 is 0 Å². The van der Waals surface area contributed by atoms with Crippen LogP contribution in [0.15, 0.2) is 6.33 Å². The van der Waals surface area contributed by atoms with Gasteiger partial charge in [0.1, 0.15) is 6.33 Å². The van der Waals surface area contributed by atoms with Gasteiger partial charge in [0.2, 0.25) is 0 Å². The molecule has 0 saturated carbocycles. The number of aliphatic carboxylic acids is 1. The third-order valence-corrected chi connectivity index (χ3v) is 2.82. The fourth-order valence-electron chi connectivity index (χ4n) is 1.38. The van der Waals surface area contributed by atoms with Gasteiger partial charge in [-0.05, 0) is 26.7 Å². The Balaban J connectivity index is 2.62. The zero-order valence-electron chi connectivity index (χ0n) is 10.8. The molecule has 0 fully saturated rings. The Morgan fingerprint density at radius 3 is 2.72 bits per heavy atom. The minimum atomic E-state index is -0.873. The van der Waals surface area contributed by atoms with E-state index in [0.29, 0.717) is 25.1 Å². The molecule has 6 heteroatoms. The van der Waals surface area contributed by atoms with Crippen molar-refractivity contribution in [2.24, 2.45) is 5.41 Å². The van der Waals surface area contributed by atoms with Crippen LogP contribution < -0.4 is 5.32 Å². The Bertz CT molecular complexity index is 435. The molecule has 5 nitrogen and oxygen atoms in total. The molecule has 0 atom stereocenters. The van der Waals surface area contributed by atoms with Crippen LogP contribution in [0.1, 0.15) is 32.9 Å². The highest BCUT2D eigenvalue weighted by atomic mass is 19.1. The van der Waals surface area contributed by atoms with Crippen LogP contribution in [-0.4, -0.2) is 27.6 Å². The van der Waals surface area contributed by atoms with Gasteiger partial charge in [0.05, 0.1) is 11.1 Å². The summed E-state index contributed by atoms with van der Waals surface area (Å²) in [5, 5.41) is 11.8. The first kappa shape index (κ1) is 14.3. The highest BCUT2D eigenvalue weighted by Crippen LogP contribution is 2.21. The van der Waals surface area contributed by atoms with Gasteiger partial charge in [0.15, 0.2) is 11.6 Å². The summed E-state index contributed by atoms with van der Waals surface area (Å²) in [7, 11) is 0. The summed E-state index contributed by atoms with van der Waals surface area (Å²) in [5.41, 5.74) is -0.491. The van der Waals surface area contributed by atoms with E-state index in [1.165, 1.54) is 6.33 Å². The third-order valence-electron chi connectivity index (χ3n) is 2.82. The Labute approximate surface area is 105 Å². The van der Waals surface area contributed by atoms with E-state index in [4.69, 9.17) is 5.11 Å². The maximum absolute atomic E-state index is 13.7. The lowest BCUT2D eigenvalue weighted by molar-refractivity contribution is -0.147. The summed E-state index contributed by atoms with van der Waals surface area (Å²) in [4.78, 5) is 18.5. The van der Waals surface area contributed by atoms with Gasteiger partial charge in [-0.2, -0.15) is 0 Å². The van der Waals surface area contributed by atoms with Crippen LogP contribution in [0.2, 0.25) is 0 Å². The van der Waals surface area contributed by atoms with Gasteiger partial charge >= 0.3 is 5.97 Å². The highest BCUT2D eigenvalue weighted by molar-refractivity contribution is 5.73. The maximum atomic E-state index is 13.7. The van der Waals surface area contributed by atoms with Crippen LogP contribution in [0, 0.1) is 11.2 Å². The second-order valence-electron chi connectivity index (χ2n) is 4.70. The van der Waals surface area contributed by atoms with Crippen LogP contribution in [0.3, 0.4) is 0 Å². The van der Waals surface area contributed by atoms with Crippen molar-refractivity contribution in [1.29, 1.82) is 0 Å². The van der Waals surface area contributed by atoms with Gasteiger partial charge in [-0.3, -0.25) is 4.79 Å². The van der Waals surface area contributed by atoms with E-state index in [-0.39, 0.29) is 5.82 Å². The normalized spacial score (nSPS) is 11.3. The van der Waals surface area contributed by atoms with Crippen LogP contribution in [0.5, 0.6) is 0 Å². The van der Waals surface area contributed by atoms with Gasteiger partial charge < -0.3 is 10.4 Å². The Hall–Kier alpha value is -1.72. The van der Waals surface area contributed by atoms with Crippen molar-refractivity contribution >= 4 is 11.8 Å². The number of halogens is 1. The number of anilines is 1. The molecule has 0 unspecified atom stereocenters. The molecule has 1 aromatic heterocycles. The predicted molar refractivity (Wildman–Crippen MR) is 65.9 cm³/mol. The van der Waals surface area contributed by atoms with Gasteiger partial charge in [-0.1, -0.05) is 6.92 Å². The number of carboxylic acids is 1. The van der Waals surface area contributed by atoms with Gasteiger partial charge in [-0.25, -0.2) is 14.4 Å². The number of nitrogens with zero attached hydrogens (tertiary/aromatic N) is 2. The number of hydrogen-bond donors (Lipinski definition) is 2. The van der Waals surface area contributed by atoms with Crippen molar-refractivity contribution in [2.75, 3.05) is 11.9 Å². The fourth-order valence-corrected chi connectivity index (χ4v) is 1.38. The molecule has 0 aliphatic heterocycles. The zero-order valence-corrected chi connectivity index (χ0v) is 10.8. The van der Waals surface area contributed by atoms with E-state index in [2.05, 4.69) is 15.3 Å². The Morgan fingerprint density at radius 1 is 1.50 bits per heavy atom. The van der Waals surface area contributed by atoms with Crippen LogP contribution in [-0.2, 0) is 11.2 Å². The average Bonchev–Trinajstić information content (AvgIpc) is 2.31. The van der Waals surface area contributed by atoms with Gasteiger partial charge in [0.25, 0.3) is 0 Å². The fraction of sp³-hybridized carbons (Fsp3) is 0.583. The molecule has 1 aromatic rings.